The molecule has 2 unspecified atom stereocenters. The largest absolute Gasteiger partial charge is 0.461 e. The predicted octanol–water partition coefficient (Wildman–Crippen LogP) is 2.18. The number of aromatic amines is 1. The van der Waals surface area contributed by atoms with Gasteiger partial charge >= 0.3 is 0 Å². The van der Waals surface area contributed by atoms with Crippen LogP contribution in [0.3, 0.4) is 0 Å². The number of rotatable bonds is 6. The summed E-state index contributed by atoms with van der Waals surface area (Å²) in [6.07, 6.45) is 8.75. The highest BCUT2D eigenvalue weighted by Crippen LogP contribution is 2.32. The monoisotopic (exact) mass is 385 g/mol. The first kappa shape index (κ1) is 19.0. The lowest BCUT2D eigenvalue weighted by Gasteiger charge is -2.47. The third-order valence-corrected chi connectivity index (χ3v) is 5.92. The van der Waals surface area contributed by atoms with E-state index in [0.29, 0.717) is 42.7 Å². The number of nitrogens with zero attached hydrogens (tertiary/aromatic N) is 4. The highest BCUT2D eigenvalue weighted by Gasteiger charge is 2.36. The molecule has 2 fully saturated rings. The lowest BCUT2D eigenvalue weighted by atomic mass is 9.82. The standard InChI is InChI=1S/C20H31N7O/c1-3-21-20(23-14-12-15-6-4-7-16(13-14)27(15)2)22-10-9-18-24-19(26-25-18)17-8-5-11-28-17/h5,8,11,14-16H,3-4,6-7,9-10,12-13H2,1-2H3,(H2,21,22,23)(H,24,25,26). The van der Waals surface area contributed by atoms with Crippen LogP contribution in [0, 0.1) is 0 Å². The SMILES string of the molecule is CCNC(=NCCc1nc(-c2ccco2)n[nH]1)NC1CC2CCCC(C1)N2C. The summed E-state index contributed by atoms with van der Waals surface area (Å²) in [6, 6.07) is 5.61. The second-order valence-corrected chi connectivity index (χ2v) is 7.81. The number of hydrogen-bond acceptors (Lipinski definition) is 5. The van der Waals surface area contributed by atoms with Crippen LogP contribution in [-0.4, -0.2) is 64.3 Å². The van der Waals surface area contributed by atoms with Crippen molar-refractivity contribution < 1.29 is 4.42 Å². The highest BCUT2D eigenvalue weighted by atomic mass is 16.3. The van der Waals surface area contributed by atoms with Crippen LogP contribution in [-0.2, 0) is 6.42 Å². The van der Waals surface area contributed by atoms with Gasteiger partial charge in [0.25, 0.3) is 0 Å². The Hall–Kier alpha value is -2.35. The van der Waals surface area contributed by atoms with Crippen LogP contribution >= 0.6 is 0 Å². The topological polar surface area (TPSA) is 94.4 Å². The van der Waals surface area contributed by atoms with E-state index < -0.39 is 0 Å². The molecular weight excluding hydrogens is 354 g/mol. The number of aliphatic imine (C=N–C) groups is 1. The van der Waals surface area contributed by atoms with Crippen LogP contribution in [0.5, 0.6) is 0 Å². The molecule has 8 nitrogen and oxygen atoms in total. The summed E-state index contributed by atoms with van der Waals surface area (Å²) < 4.78 is 5.33. The van der Waals surface area contributed by atoms with Gasteiger partial charge < -0.3 is 20.0 Å². The number of fused-ring (bicyclic) bond motifs is 2. The maximum absolute atomic E-state index is 5.33. The molecule has 0 amide bonds. The molecule has 2 aliphatic heterocycles. The number of H-pyrrole nitrogens is 1. The summed E-state index contributed by atoms with van der Waals surface area (Å²) in [5.41, 5.74) is 0. The fourth-order valence-electron chi connectivity index (χ4n) is 4.44. The van der Waals surface area contributed by atoms with E-state index in [1.54, 1.807) is 6.26 Å². The Balaban J connectivity index is 1.32. The van der Waals surface area contributed by atoms with Crippen molar-refractivity contribution in [2.45, 2.75) is 63.6 Å². The molecule has 2 atom stereocenters. The Morgan fingerprint density at radius 3 is 2.89 bits per heavy atom. The van der Waals surface area contributed by atoms with Crippen molar-refractivity contribution in [3.8, 4) is 11.6 Å². The maximum Gasteiger partial charge on any atom is 0.216 e. The predicted molar refractivity (Wildman–Crippen MR) is 109 cm³/mol. The lowest BCUT2D eigenvalue weighted by Crippen LogP contribution is -2.56. The summed E-state index contributed by atoms with van der Waals surface area (Å²) in [5, 5.41) is 14.2. The molecule has 2 saturated heterocycles. The second-order valence-electron chi connectivity index (χ2n) is 7.81. The van der Waals surface area contributed by atoms with Gasteiger partial charge in [-0.15, -0.1) is 0 Å². The Bertz CT molecular complexity index is 755. The van der Waals surface area contributed by atoms with E-state index in [1.165, 1.54) is 32.1 Å². The first-order valence-corrected chi connectivity index (χ1v) is 10.4. The van der Waals surface area contributed by atoms with Crippen molar-refractivity contribution >= 4 is 5.96 Å². The zero-order valence-corrected chi connectivity index (χ0v) is 16.8. The van der Waals surface area contributed by atoms with Gasteiger partial charge in [-0.2, -0.15) is 5.10 Å². The van der Waals surface area contributed by atoms with E-state index in [2.05, 4.69) is 44.7 Å². The van der Waals surface area contributed by atoms with Crippen molar-refractivity contribution in [3.05, 3.63) is 24.2 Å². The summed E-state index contributed by atoms with van der Waals surface area (Å²) in [6.45, 7) is 3.62. The number of nitrogens with one attached hydrogen (secondary N) is 3. The first-order valence-electron chi connectivity index (χ1n) is 10.4. The Morgan fingerprint density at radius 1 is 1.36 bits per heavy atom. The Kier molecular flexibility index (Phi) is 5.95. The highest BCUT2D eigenvalue weighted by molar-refractivity contribution is 5.80. The molecule has 0 spiro atoms. The minimum atomic E-state index is 0.500. The molecule has 2 aromatic rings. The summed E-state index contributed by atoms with van der Waals surface area (Å²) in [5.74, 6) is 2.99. The van der Waals surface area contributed by atoms with E-state index in [1.807, 2.05) is 12.1 Å². The van der Waals surface area contributed by atoms with Crippen LogP contribution in [0.2, 0.25) is 0 Å². The van der Waals surface area contributed by atoms with Gasteiger partial charge in [0.2, 0.25) is 5.82 Å². The summed E-state index contributed by atoms with van der Waals surface area (Å²) in [4.78, 5) is 11.8. The van der Waals surface area contributed by atoms with E-state index in [-0.39, 0.29) is 0 Å². The fraction of sp³-hybridized carbons (Fsp3) is 0.650. The molecule has 2 aliphatic rings. The van der Waals surface area contributed by atoms with Gasteiger partial charge in [0.15, 0.2) is 11.7 Å². The molecule has 8 heteroatoms. The summed E-state index contributed by atoms with van der Waals surface area (Å²) >= 11 is 0. The van der Waals surface area contributed by atoms with Gasteiger partial charge in [-0.1, -0.05) is 6.42 Å². The van der Waals surface area contributed by atoms with Crippen LogP contribution < -0.4 is 10.6 Å². The van der Waals surface area contributed by atoms with Gasteiger partial charge in [0.05, 0.1) is 6.26 Å². The van der Waals surface area contributed by atoms with Crippen molar-refractivity contribution in [1.82, 2.24) is 30.7 Å². The lowest BCUT2D eigenvalue weighted by molar-refractivity contribution is 0.0526. The van der Waals surface area contributed by atoms with E-state index in [4.69, 9.17) is 9.41 Å². The molecule has 152 valence electrons. The zero-order chi connectivity index (χ0) is 19.3. The molecule has 0 aliphatic carbocycles. The van der Waals surface area contributed by atoms with Crippen molar-refractivity contribution in [3.63, 3.8) is 0 Å². The number of aromatic nitrogens is 3. The molecule has 0 aromatic carbocycles. The van der Waals surface area contributed by atoms with Gasteiger partial charge in [-0.05, 0) is 51.8 Å². The van der Waals surface area contributed by atoms with Gasteiger partial charge in [-0.3, -0.25) is 10.1 Å². The van der Waals surface area contributed by atoms with Gasteiger partial charge in [0, 0.05) is 37.6 Å². The van der Waals surface area contributed by atoms with E-state index in [0.717, 1.165) is 18.3 Å². The quantitative estimate of drug-likeness (QED) is 0.521. The van der Waals surface area contributed by atoms with Crippen molar-refractivity contribution in [2.24, 2.45) is 4.99 Å². The van der Waals surface area contributed by atoms with Crippen LogP contribution in [0.1, 0.15) is 44.9 Å². The van der Waals surface area contributed by atoms with Gasteiger partial charge in [-0.25, -0.2) is 4.98 Å². The third kappa shape index (κ3) is 4.38. The fourth-order valence-corrected chi connectivity index (χ4v) is 4.44. The van der Waals surface area contributed by atoms with Crippen LogP contribution in [0.25, 0.3) is 11.6 Å². The number of furan rings is 1. The molecular formula is C20H31N7O. The van der Waals surface area contributed by atoms with Gasteiger partial charge in [0.1, 0.15) is 5.82 Å². The van der Waals surface area contributed by atoms with Crippen LogP contribution in [0.4, 0.5) is 0 Å². The molecule has 4 heterocycles. The third-order valence-electron chi connectivity index (χ3n) is 5.92. The molecule has 0 saturated carbocycles. The molecule has 4 rings (SSSR count). The van der Waals surface area contributed by atoms with Crippen LogP contribution in [0.15, 0.2) is 27.8 Å². The zero-order valence-electron chi connectivity index (χ0n) is 16.8. The second kappa shape index (κ2) is 8.77. The smallest absolute Gasteiger partial charge is 0.216 e. The minimum absolute atomic E-state index is 0.500. The normalized spacial score (nSPS) is 25.6. The number of guanidine groups is 1. The average molecular weight is 386 g/mol. The minimum Gasteiger partial charge on any atom is -0.461 e. The maximum atomic E-state index is 5.33. The number of piperidine rings is 2. The Labute approximate surface area is 166 Å². The number of hydrogen-bond donors (Lipinski definition) is 3. The molecule has 2 aromatic heterocycles. The molecule has 0 radical (unpaired) electrons. The first-order chi connectivity index (χ1) is 13.7. The summed E-state index contributed by atoms with van der Waals surface area (Å²) in [7, 11) is 2.29. The van der Waals surface area contributed by atoms with Crippen molar-refractivity contribution in [1.29, 1.82) is 0 Å². The average Bonchev–Trinajstić information content (AvgIpc) is 3.34. The molecule has 3 N–H and O–H groups in total. The Morgan fingerprint density at radius 2 is 2.18 bits per heavy atom. The molecule has 2 bridgehead atoms. The van der Waals surface area contributed by atoms with Crippen molar-refractivity contribution in [2.75, 3.05) is 20.1 Å². The van der Waals surface area contributed by atoms with E-state index in [9.17, 15) is 0 Å². The molecule has 28 heavy (non-hydrogen) atoms. The van der Waals surface area contributed by atoms with E-state index >= 15 is 0 Å².